The molecule has 19 nitrogen and oxygen atoms in total. The van der Waals surface area contributed by atoms with Crippen molar-refractivity contribution < 1.29 is 89.4 Å². The monoisotopic (exact) mass is 1570 g/mol. The first-order valence-electron chi connectivity index (χ1n) is 46.2. The van der Waals surface area contributed by atoms with Crippen LogP contribution < -0.4 is 5.32 Å². The number of hydrogen-bond donors (Lipinski definition) is 12. The second-order valence-corrected chi connectivity index (χ2v) is 33.1. The summed E-state index contributed by atoms with van der Waals surface area (Å²) in [6, 6.07) is -0.974. The average Bonchev–Trinajstić information content (AvgIpc) is 0.795. The Morgan fingerprint density at radius 3 is 0.927 bits per heavy atom. The highest BCUT2D eigenvalue weighted by Gasteiger charge is 2.54. The van der Waals surface area contributed by atoms with Crippen LogP contribution in [0.15, 0.2) is 36.5 Å². The number of amides is 1. The summed E-state index contributed by atoms with van der Waals surface area (Å²) in [5, 5.41) is 121. The van der Waals surface area contributed by atoms with Crippen LogP contribution in [-0.2, 0) is 33.2 Å². The summed E-state index contributed by atoms with van der Waals surface area (Å²) in [6.07, 6.45) is 64.5. The maximum absolute atomic E-state index is 13.5. The number of allylic oxidation sites excluding steroid dienone is 5. The van der Waals surface area contributed by atoms with Gasteiger partial charge in [0, 0.05) is 6.42 Å². The standard InChI is InChI=1S/C91H171NO18/c1-3-5-7-9-11-13-15-17-19-21-23-25-27-29-31-33-35-36-37-38-39-41-43-45-47-49-51-53-55-57-59-61-63-65-67-69-79(97)92-74(75(96)68-66-64-62-60-58-56-54-52-50-48-46-44-42-40-34-32-30-28-26-24-22-20-18-16-14-12-10-8-6-4-2)73-105-89-85(103)82(100)87(77(71-94)107-89)110-91-86(104)83(101)88(78(72-95)108-91)109-90-84(102)81(99)80(98)76(70-93)106-90/h15,17,21,23,66,68,74-78,80-91,93-96,98-104H,3-14,16,18-20,22,24-65,67,69-73H2,1-2H3,(H,92,97)/b17-15-,23-21-,68-66+. The predicted molar refractivity (Wildman–Crippen MR) is 443 cm³/mol. The zero-order chi connectivity index (χ0) is 79.5. The molecule has 3 aliphatic heterocycles. The number of unbranched alkanes of at least 4 members (excludes halogenated alkanes) is 56. The highest BCUT2D eigenvalue weighted by atomic mass is 16.8. The Morgan fingerprint density at radius 2 is 0.600 bits per heavy atom. The fraction of sp³-hybridized carbons (Fsp3) is 0.923. The SMILES string of the molecule is CCCCCCC/C=C\C/C=C\CCCCCCCCCCCCCCCCCCCCCCCCCC(=O)NC(COC1OC(CO)C(OC2OC(CO)C(OC3OC(CO)C(O)C(O)C3O)C(O)C2O)C(O)C1O)C(O)/C=C/CCCCCCCCCCCCCCCCCCCCCCCCCCCCCC. The Labute approximate surface area is 670 Å². The summed E-state index contributed by atoms with van der Waals surface area (Å²) in [6.45, 7) is 1.80. The van der Waals surface area contributed by atoms with Gasteiger partial charge in [0.25, 0.3) is 0 Å². The second kappa shape index (κ2) is 71.1. The first-order chi connectivity index (χ1) is 53.8. The van der Waals surface area contributed by atoms with E-state index in [9.17, 15) is 61.0 Å². The summed E-state index contributed by atoms with van der Waals surface area (Å²) in [5.41, 5.74) is 0. The molecule has 3 aliphatic rings. The quantitative estimate of drug-likeness (QED) is 0.0199. The van der Waals surface area contributed by atoms with Gasteiger partial charge in [0.15, 0.2) is 18.9 Å². The van der Waals surface area contributed by atoms with Crippen LogP contribution in [0.5, 0.6) is 0 Å². The Kier molecular flexibility index (Phi) is 66.1. The highest BCUT2D eigenvalue weighted by molar-refractivity contribution is 5.76. The Morgan fingerprint density at radius 1 is 0.327 bits per heavy atom. The molecule has 0 radical (unpaired) electrons. The van der Waals surface area contributed by atoms with Gasteiger partial charge >= 0.3 is 0 Å². The molecule has 0 aromatic rings. The molecule has 12 N–H and O–H groups in total. The molecule has 3 fully saturated rings. The Balaban J connectivity index is 1.32. The minimum absolute atomic E-state index is 0.248. The zero-order valence-electron chi connectivity index (χ0n) is 70.0. The molecule has 1 amide bonds. The summed E-state index contributed by atoms with van der Waals surface area (Å²) in [7, 11) is 0. The first kappa shape index (κ1) is 102. The normalized spacial score (nSPS) is 25.3. The smallest absolute Gasteiger partial charge is 0.220 e. The molecule has 110 heavy (non-hydrogen) atoms. The van der Waals surface area contributed by atoms with Crippen molar-refractivity contribution in [2.45, 2.75) is 510 Å². The summed E-state index contributed by atoms with van der Waals surface area (Å²) in [5.74, 6) is -0.266. The van der Waals surface area contributed by atoms with E-state index in [2.05, 4.69) is 43.5 Å². The molecule has 3 rings (SSSR count). The van der Waals surface area contributed by atoms with Gasteiger partial charge in [0.1, 0.15) is 73.2 Å². The van der Waals surface area contributed by atoms with E-state index < -0.39 is 124 Å². The Hall–Kier alpha value is -1.99. The number of rotatable bonds is 76. The number of nitrogens with one attached hydrogen (secondary N) is 1. The van der Waals surface area contributed by atoms with E-state index in [-0.39, 0.29) is 18.9 Å². The number of ether oxygens (including phenoxy) is 6. The second-order valence-electron chi connectivity index (χ2n) is 33.1. The van der Waals surface area contributed by atoms with Crippen LogP contribution in [0, 0.1) is 0 Å². The fourth-order valence-corrected chi connectivity index (χ4v) is 15.8. The van der Waals surface area contributed by atoms with Crippen molar-refractivity contribution in [1.29, 1.82) is 0 Å². The number of carbonyl (C=O) groups is 1. The number of hydrogen-bond acceptors (Lipinski definition) is 18. The summed E-state index contributed by atoms with van der Waals surface area (Å²) in [4.78, 5) is 13.5. The molecule has 17 atom stereocenters. The highest BCUT2D eigenvalue weighted by Crippen LogP contribution is 2.34. The molecule has 0 aliphatic carbocycles. The molecule has 0 aromatic carbocycles. The number of carbonyl (C=O) groups excluding carboxylic acids is 1. The largest absolute Gasteiger partial charge is 0.394 e. The third kappa shape index (κ3) is 49.3. The van der Waals surface area contributed by atoms with E-state index in [0.29, 0.717) is 6.42 Å². The maximum atomic E-state index is 13.5. The third-order valence-electron chi connectivity index (χ3n) is 23.2. The lowest BCUT2D eigenvalue weighted by Crippen LogP contribution is -2.66. The van der Waals surface area contributed by atoms with Gasteiger partial charge in [-0.25, -0.2) is 0 Å². The molecular formula is C91H171NO18. The number of aliphatic hydroxyl groups excluding tert-OH is 11. The molecule has 0 spiro atoms. The lowest BCUT2D eigenvalue weighted by Gasteiger charge is -2.48. The molecule has 19 heteroatoms. The van der Waals surface area contributed by atoms with Crippen LogP contribution in [0.1, 0.15) is 406 Å². The van der Waals surface area contributed by atoms with Crippen molar-refractivity contribution in [2.75, 3.05) is 26.4 Å². The van der Waals surface area contributed by atoms with E-state index >= 15 is 0 Å². The van der Waals surface area contributed by atoms with Gasteiger partial charge in [-0.3, -0.25) is 4.79 Å². The van der Waals surface area contributed by atoms with Crippen molar-refractivity contribution >= 4 is 5.91 Å². The van der Waals surface area contributed by atoms with Crippen LogP contribution in [0.3, 0.4) is 0 Å². The Bertz CT molecular complexity index is 2120. The minimum Gasteiger partial charge on any atom is -0.394 e. The van der Waals surface area contributed by atoms with Gasteiger partial charge in [0.2, 0.25) is 5.91 Å². The van der Waals surface area contributed by atoms with E-state index in [1.54, 1.807) is 6.08 Å². The van der Waals surface area contributed by atoms with Gasteiger partial charge in [-0.05, 0) is 51.4 Å². The zero-order valence-corrected chi connectivity index (χ0v) is 70.0. The van der Waals surface area contributed by atoms with E-state index in [1.165, 1.54) is 327 Å². The topological polar surface area (TPSA) is 307 Å². The van der Waals surface area contributed by atoms with Crippen molar-refractivity contribution in [1.82, 2.24) is 5.32 Å². The van der Waals surface area contributed by atoms with Gasteiger partial charge in [0.05, 0.1) is 38.6 Å². The van der Waals surface area contributed by atoms with Crippen LogP contribution in [0.2, 0.25) is 0 Å². The van der Waals surface area contributed by atoms with Crippen LogP contribution in [0.25, 0.3) is 0 Å². The van der Waals surface area contributed by atoms with E-state index in [0.717, 1.165) is 51.4 Å². The van der Waals surface area contributed by atoms with Crippen molar-refractivity contribution in [2.24, 2.45) is 0 Å². The van der Waals surface area contributed by atoms with Gasteiger partial charge < -0.3 is 89.9 Å². The van der Waals surface area contributed by atoms with E-state index in [1.807, 2.05) is 6.08 Å². The molecule has 3 saturated heterocycles. The third-order valence-corrected chi connectivity index (χ3v) is 23.2. The molecular weight excluding hydrogens is 1390 g/mol. The first-order valence-corrected chi connectivity index (χ1v) is 46.2. The van der Waals surface area contributed by atoms with Crippen LogP contribution >= 0.6 is 0 Å². The minimum atomic E-state index is -1.98. The molecule has 0 saturated carbocycles. The predicted octanol–water partition coefficient (Wildman–Crippen LogP) is 17.8. The molecule has 3 heterocycles. The maximum Gasteiger partial charge on any atom is 0.220 e. The molecule has 648 valence electrons. The summed E-state index contributed by atoms with van der Waals surface area (Å²) >= 11 is 0. The average molecular weight is 1570 g/mol. The van der Waals surface area contributed by atoms with E-state index in [4.69, 9.17) is 28.4 Å². The van der Waals surface area contributed by atoms with Crippen LogP contribution in [-0.4, -0.2) is 193 Å². The number of aliphatic hydroxyl groups is 11. The molecule has 0 bridgehead atoms. The lowest BCUT2D eigenvalue weighted by atomic mass is 9.96. The van der Waals surface area contributed by atoms with Gasteiger partial charge in [-0.2, -0.15) is 0 Å². The van der Waals surface area contributed by atoms with Crippen molar-refractivity contribution in [3.05, 3.63) is 36.5 Å². The fourth-order valence-electron chi connectivity index (χ4n) is 15.8. The van der Waals surface area contributed by atoms with Crippen molar-refractivity contribution in [3.63, 3.8) is 0 Å². The summed E-state index contributed by atoms with van der Waals surface area (Å²) < 4.78 is 34.6. The lowest BCUT2D eigenvalue weighted by molar-refractivity contribution is -0.379. The van der Waals surface area contributed by atoms with Gasteiger partial charge in [-0.1, -0.05) is 384 Å². The van der Waals surface area contributed by atoms with Crippen molar-refractivity contribution in [3.8, 4) is 0 Å². The van der Waals surface area contributed by atoms with Gasteiger partial charge in [-0.15, -0.1) is 0 Å². The van der Waals surface area contributed by atoms with Crippen LogP contribution in [0.4, 0.5) is 0 Å². The molecule has 0 aromatic heterocycles. The molecule has 17 unspecified atom stereocenters.